The van der Waals surface area contributed by atoms with Crippen molar-refractivity contribution in [3.63, 3.8) is 0 Å². The second-order valence-electron chi connectivity index (χ2n) is 5.82. The average molecular weight is 327 g/mol. The summed E-state index contributed by atoms with van der Waals surface area (Å²) in [6.45, 7) is 0. The average Bonchev–Trinajstić information content (AvgIpc) is 3.39. The van der Waals surface area contributed by atoms with Crippen LogP contribution in [0.5, 0.6) is 0 Å². The summed E-state index contributed by atoms with van der Waals surface area (Å²) < 4.78 is 13.1. The molecule has 0 spiro atoms. The molecular weight excluding hydrogens is 309 g/mol. The van der Waals surface area contributed by atoms with Crippen LogP contribution in [-0.2, 0) is 10.2 Å². The van der Waals surface area contributed by atoms with Gasteiger partial charge in [-0.3, -0.25) is 4.79 Å². The minimum atomic E-state index is -0.563. The van der Waals surface area contributed by atoms with Crippen molar-refractivity contribution >= 4 is 23.3 Å². The first kappa shape index (κ1) is 16.0. The van der Waals surface area contributed by atoms with E-state index in [-0.39, 0.29) is 17.8 Å². The van der Waals surface area contributed by atoms with Crippen molar-refractivity contribution in [1.29, 1.82) is 0 Å². The standard InChI is InChI=1S/C18H18FN3O2/c1-20-17(24)22-15-8-6-14(7-9-15)21-16(23)18(10-11-18)12-2-4-13(19)5-3-12/h2-9H,10-11H2,1H3,(H,21,23)(H2,20,22,24). The molecule has 0 aliphatic heterocycles. The van der Waals surface area contributed by atoms with Crippen LogP contribution in [0.15, 0.2) is 48.5 Å². The molecule has 1 aliphatic rings. The van der Waals surface area contributed by atoms with Gasteiger partial charge >= 0.3 is 6.03 Å². The molecule has 0 unspecified atom stereocenters. The van der Waals surface area contributed by atoms with Gasteiger partial charge in [0, 0.05) is 18.4 Å². The molecule has 3 amide bonds. The Kier molecular flexibility index (Phi) is 4.20. The first-order valence-corrected chi connectivity index (χ1v) is 7.70. The number of rotatable bonds is 4. The van der Waals surface area contributed by atoms with E-state index in [1.807, 2.05) is 0 Å². The molecule has 0 radical (unpaired) electrons. The van der Waals surface area contributed by atoms with E-state index in [2.05, 4.69) is 16.0 Å². The second kappa shape index (κ2) is 6.31. The maximum atomic E-state index is 13.1. The van der Waals surface area contributed by atoms with E-state index >= 15 is 0 Å². The van der Waals surface area contributed by atoms with E-state index in [1.165, 1.54) is 19.2 Å². The number of hydrogen-bond acceptors (Lipinski definition) is 2. The number of carbonyl (C=O) groups excluding carboxylic acids is 2. The van der Waals surface area contributed by atoms with Gasteiger partial charge in [-0.05, 0) is 54.8 Å². The minimum Gasteiger partial charge on any atom is -0.341 e. The molecule has 0 saturated heterocycles. The molecule has 6 heteroatoms. The van der Waals surface area contributed by atoms with Crippen LogP contribution in [0.4, 0.5) is 20.6 Å². The number of anilines is 2. The normalized spacial score (nSPS) is 14.6. The Labute approximate surface area is 139 Å². The SMILES string of the molecule is CNC(=O)Nc1ccc(NC(=O)C2(c3ccc(F)cc3)CC2)cc1. The zero-order chi connectivity index (χ0) is 17.2. The smallest absolute Gasteiger partial charge is 0.318 e. The van der Waals surface area contributed by atoms with E-state index in [0.29, 0.717) is 11.4 Å². The fourth-order valence-electron chi connectivity index (χ4n) is 2.62. The number of amides is 3. The van der Waals surface area contributed by atoms with Gasteiger partial charge in [0.05, 0.1) is 5.41 Å². The maximum absolute atomic E-state index is 13.1. The first-order valence-electron chi connectivity index (χ1n) is 7.70. The molecule has 0 heterocycles. The van der Waals surface area contributed by atoms with Crippen LogP contribution in [-0.4, -0.2) is 19.0 Å². The van der Waals surface area contributed by atoms with Gasteiger partial charge in [-0.15, -0.1) is 0 Å². The molecule has 0 bridgehead atoms. The van der Waals surface area contributed by atoms with Crippen LogP contribution in [0.3, 0.4) is 0 Å². The monoisotopic (exact) mass is 327 g/mol. The molecule has 3 rings (SSSR count). The molecule has 1 aliphatic carbocycles. The molecule has 2 aromatic carbocycles. The predicted octanol–water partition coefficient (Wildman–Crippen LogP) is 3.25. The van der Waals surface area contributed by atoms with Crippen molar-refractivity contribution < 1.29 is 14.0 Å². The number of hydrogen-bond donors (Lipinski definition) is 3. The Bertz CT molecular complexity index is 753. The van der Waals surface area contributed by atoms with Gasteiger partial charge in [-0.25, -0.2) is 9.18 Å². The number of nitrogens with one attached hydrogen (secondary N) is 3. The number of urea groups is 1. The van der Waals surface area contributed by atoms with E-state index in [4.69, 9.17) is 0 Å². The maximum Gasteiger partial charge on any atom is 0.318 e. The zero-order valence-electron chi connectivity index (χ0n) is 13.2. The summed E-state index contributed by atoms with van der Waals surface area (Å²) in [5.74, 6) is -0.407. The Morgan fingerprint density at radius 2 is 1.46 bits per heavy atom. The third-order valence-corrected chi connectivity index (χ3v) is 4.21. The van der Waals surface area contributed by atoms with Crippen LogP contribution in [0.25, 0.3) is 0 Å². The third kappa shape index (κ3) is 3.22. The Morgan fingerprint density at radius 3 is 1.96 bits per heavy atom. The lowest BCUT2D eigenvalue weighted by atomic mass is 9.95. The van der Waals surface area contributed by atoms with Gasteiger partial charge in [-0.1, -0.05) is 12.1 Å². The van der Waals surface area contributed by atoms with E-state index in [9.17, 15) is 14.0 Å². The van der Waals surface area contributed by atoms with Crippen molar-refractivity contribution in [1.82, 2.24) is 5.32 Å². The lowest BCUT2D eigenvalue weighted by molar-refractivity contribution is -0.118. The van der Waals surface area contributed by atoms with Gasteiger partial charge < -0.3 is 16.0 Å². The van der Waals surface area contributed by atoms with Gasteiger partial charge in [0.2, 0.25) is 5.91 Å². The van der Waals surface area contributed by atoms with Crippen LogP contribution in [0, 0.1) is 5.82 Å². The summed E-state index contributed by atoms with van der Waals surface area (Å²) in [5, 5.41) is 8.00. The molecule has 1 saturated carbocycles. The topological polar surface area (TPSA) is 70.2 Å². The lowest BCUT2D eigenvalue weighted by Gasteiger charge is -2.16. The molecule has 0 atom stereocenters. The van der Waals surface area contributed by atoms with Crippen LogP contribution < -0.4 is 16.0 Å². The highest BCUT2D eigenvalue weighted by Crippen LogP contribution is 2.49. The molecule has 124 valence electrons. The van der Waals surface area contributed by atoms with Crippen LogP contribution >= 0.6 is 0 Å². The Morgan fingerprint density at radius 1 is 0.917 bits per heavy atom. The predicted molar refractivity (Wildman–Crippen MR) is 90.5 cm³/mol. The molecule has 1 fully saturated rings. The van der Waals surface area contributed by atoms with Crippen molar-refractivity contribution in [2.75, 3.05) is 17.7 Å². The van der Waals surface area contributed by atoms with E-state index < -0.39 is 5.41 Å². The molecule has 3 N–H and O–H groups in total. The fraction of sp³-hybridized carbons (Fsp3) is 0.222. The molecule has 2 aromatic rings. The van der Waals surface area contributed by atoms with Crippen LogP contribution in [0.2, 0.25) is 0 Å². The lowest BCUT2D eigenvalue weighted by Crippen LogP contribution is -2.27. The first-order chi connectivity index (χ1) is 11.5. The zero-order valence-corrected chi connectivity index (χ0v) is 13.2. The molecular formula is C18H18FN3O2. The molecule has 0 aromatic heterocycles. The van der Waals surface area contributed by atoms with E-state index in [1.54, 1.807) is 36.4 Å². The third-order valence-electron chi connectivity index (χ3n) is 4.21. The summed E-state index contributed by atoms with van der Waals surface area (Å²) in [6, 6.07) is 12.7. The molecule has 5 nitrogen and oxygen atoms in total. The summed E-state index contributed by atoms with van der Waals surface area (Å²) in [7, 11) is 1.54. The van der Waals surface area contributed by atoms with Crippen molar-refractivity contribution in [3.8, 4) is 0 Å². The highest BCUT2D eigenvalue weighted by molar-refractivity contribution is 6.01. The summed E-state index contributed by atoms with van der Waals surface area (Å²) in [6.07, 6.45) is 1.50. The van der Waals surface area contributed by atoms with Gasteiger partial charge in [0.15, 0.2) is 0 Å². The molecule has 24 heavy (non-hydrogen) atoms. The quantitative estimate of drug-likeness (QED) is 0.807. The Hall–Kier alpha value is -2.89. The minimum absolute atomic E-state index is 0.0962. The number of benzene rings is 2. The van der Waals surface area contributed by atoms with Gasteiger partial charge in [0.1, 0.15) is 5.82 Å². The van der Waals surface area contributed by atoms with Crippen molar-refractivity contribution in [2.45, 2.75) is 18.3 Å². The van der Waals surface area contributed by atoms with Crippen molar-refractivity contribution in [3.05, 3.63) is 59.9 Å². The summed E-state index contributed by atoms with van der Waals surface area (Å²) in [4.78, 5) is 23.9. The van der Waals surface area contributed by atoms with Gasteiger partial charge in [-0.2, -0.15) is 0 Å². The van der Waals surface area contributed by atoms with E-state index in [0.717, 1.165) is 18.4 Å². The van der Waals surface area contributed by atoms with Crippen molar-refractivity contribution in [2.24, 2.45) is 0 Å². The van der Waals surface area contributed by atoms with Gasteiger partial charge in [0.25, 0.3) is 0 Å². The second-order valence-corrected chi connectivity index (χ2v) is 5.82. The summed E-state index contributed by atoms with van der Waals surface area (Å²) in [5.41, 5.74) is 1.55. The largest absolute Gasteiger partial charge is 0.341 e. The summed E-state index contributed by atoms with van der Waals surface area (Å²) >= 11 is 0. The van der Waals surface area contributed by atoms with Crippen LogP contribution in [0.1, 0.15) is 18.4 Å². The highest BCUT2D eigenvalue weighted by atomic mass is 19.1. The Balaban J connectivity index is 1.68. The highest BCUT2D eigenvalue weighted by Gasteiger charge is 2.51. The fourth-order valence-corrected chi connectivity index (χ4v) is 2.62. The number of halogens is 1. The number of carbonyl (C=O) groups is 2.